The maximum atomic E-state index is 12.7. The Hall–Kier alpha value is -3.19. The van der Waals surface area contributed by atoms with Crippen LogP contribution in [0.4, 0.5) is 0 Å². The fourth-order valence-electron chi connectivity index (χ4n) is 6.25. The van der Waals surface area contributed by atoms with Crippen molar-refractivity contribution in [1.82, 2.24) is 15.5 Å². The first kappa shape index (κ1) is 24.2. The van der Waals surface area contributed by atoms with E-state index < -0.39 is 6.04 Å². The molecule has 1 saturated carbocycles. The molecule has 2 N–H and O–H groups in total. The second kappa shape index (κ2) is 10.3. The third-order valence-corrected chi connectivity index (χ3v) is 8.54. The lowest BCUT2D eigenvalue weighted by Gasteiger charge is -2.31. The zero-order valence-electron chi connectivity index (χ0n) is 21.2. The van der Waals surface area contributed by atoms with Crippen LogP contribution in [0, 0.1) is 11.8 Å². The van der Waals surface area contributed by atoms with E-state index in [2.05, 4.69) is 34.9 Å². The number of hydrogen-bond acceptors (Lipinski definition) is 6. The van der Waals surface area contributed by atoms with Gasteiger partial charge in [0.25, 0.3) is 0 Å². The van der Waals surface area contributed by atoms with E-state index in [1.165, 1.54) is 43.7 Å². The lowest BCUT2D eigenvalue weighted by atomic mass is 9.77. The van der Waals surface area contributed by atoms with E-state index in [0.717, 1.165) is 41.6 Å². The summed E-state index contributed by atoms with van der Waals surface area (Å²) in [6.07, 6.45) is 12.6. The van der Waals surface area contributed by atoms with Gasteiger partial charge in [-0.1, -0.05) is 37.1 Å². The van der Waals surface area contributed by atoms with Crippen molar-refractivity contribution in [2.45, 2.75) is 63.5 Å². The van der Waals surface area contributed by atoms with Gasteiger partial charge in [-0.15, -0.1) is 0 Å². The number of ketones is 1. The van der Waals surface area contributed by atoms with Gasteiger partial charge in [0.15, 0.2) is 5.76 Å². The van der Waals surface area contributed by atoms with Crippen LogP contribution in [0.1, 0.15) is 62.0 Å². The number of allylic oxidation sites excluding steroid dienone is 2. The number of carbonyl (C=O) groups excluding carboxylic acids is 3. The topological polar surface area (TPSA) is 87.7 Å². The fourth-order valence-corrected chi connectivity index (χ4v) is 6.25. The lowest BCUT2D eigenvalue weighted by Crippen LogP contribution is -2.50. The Morgan fingerprint density at radius 2 is 1.76 bits per heavy atom. The van der Waals surface area contributed by atoms with Gasteiger partial charge < -0.3 is 15.0 Å². The van der Waals surface area contributed by atoms with Gasteiger partial charge in [-0.05, 0) is 85.4 Å². The number of hydrogen-bond donors (Lipinski definition) is 2. The van der Waals surface area contributed by atoms with Crippen LogP contribution in [0.5, 0.6) is 0 Å². The predicted octanol–water partition coefficient (Wildman–Crippen LogP) is 3.48. The number of rotatable bonds is 8. The SMILES string of the molecule is O=C1CCC(N2C=C3C=CC(=O)C(OCc4ccc(C(CC5CC5)C5CCNCC5)cc4)=C3C2)C(=O)N1. The molecule has 2 unspecified atom stereocenters. The number of amides is 2. The summed E-state index contributed by atoms with van der Waals surface area (Å²) >= 11 is 0. The quantitative estimate of drug-likeness (QED) is 0.531. The first-order valence-corrected chi connectivity index (χ1v) is 13.7. The molecule has 5 aliphatic rings. The maximum Gasteiger partial charge on any atom is 0.249 e. The second-order valence-corrected chi connectivity index (χ2v) is 11.1. The molecular weight excluding hydrogens is 466 g/mol. The normalized spacial score (nSPS) is 25.2. The highest BCUT2D eigenvalue weighted by Gasteiger charge is 2.36. The van der Waals surface area contributed by atoms with Crippen LogP contribution in [-0.2, 0) is 25.7 Å². The summed E-state index contributed by atoms with van der Waals surface area (Å²) in [5, 5.41) is 5.92. The molecule has 0 radical (unpaired) electrons. The van der Waals surface area contributed by atoms with Gasteiger partial charge in [-0.2, -0.15) is 0 Å². The highest BCUT2D eigenvalue weighted by Crippen LogP contribution is 2.44. The Morgan fingerprint density at radius 1 is 0.973 bits per heavy atom. The van der Waals surface area contributed by atoms with Gasteiger partial charge in [0.05, 0.1) is 0 Å². The summed E-state index contributed by atoms with van der Waals surface area (Å²) in [7, 11) is 0. The molecule has 0 bridgehead atoms. The number of benzene rings is 1. The largest absolute Gasteiger partial charge is 0.484 e. The summed E-state index contributed by atoms with van der Waals surface area (Å²) in [4.78, 5) is 38.5. The smallest absolute Gasteiger partial charge is 0.249 e. The van der Waals surface area contributed by atoms with E-state index in [0.29, 0.717) is 37.7 Å². The summed E-state index contributed by atoms with van der Waals surface area (Å²) in [6.45, 7) is 2.99. The molecule has 2 atom stereocenters. The van der Waals surface area contributed by atoms with Crippen LogP contribution in [0.15, 0.2) is 59.5 Å². The van der Waals surface area contributed by atoms with Crippen molar-refractivity contribution in [1.29, 1.82) is 0 Å². The van der Waals surface area contributed by atoms with E-state index in [9.17, 15) is 14.4 Å². The predicted molar refractivity (Wildman–Crippen MR) is 139 cm³/mol. The zero-order valence-corrected chi connectivity index (χ0v) is 21.2. The first-order chi connectivity index (χ1) is 18.0. The maximum absolute atomic E-state index is 12.7. The monoisotopic (exact) mass is 501 g/mol. The molecule has 3 aliphatic heterocycles. The average molecular weight is 502 g/mol. The second-order valence-electron chi connectivity index (χ2n) is 11.1. The van der Waals surface area contributed by atoms with Crippen LogP contribution in [0.2, 0.25) is 0 Å². The highest BCUT2D eigenvalue weighted by atomic mass is 16.5. The van der Waals surface area contributed by atoms with Crippen molar-refractivity contribution in [3.05, 3.63) is 70.6 Å². The Morgan fingerprint density at radius 3 is 2.49 bits per heavy atom. The number of nitrogens with one attached hydrogen (secondary N) is 2. The molecular formula is C30H35N3O4. The number of carbonyl (C=O) groups is 3. The summed E-state index contributed by atoms with van der Waals surface area (Å²) in [5.41, 5.74) is 4.17. The Labute approximate surface area is 218 Å². The number of imide groups is 1. The molecule has 2 aliphatic carbocycles. The Bertz CT molecular complexity index is 1170. The van der Waals surface area contributed by atoms with Crippen LogP contribution in [0.3, 0.4) is 0 Å². The molecule has 194 valence electrons. The number of fused-ring (bicyclic) bond motifs is 1. The van der Waals surface area contributed by atoms with Crippen LogP contribution < -0.4 is 10.6 Å². The Balaban J connectivity index is 1.13. The zero-order chi connectivity index (χ0) is 25.4. The summed E-state index contributed by atoms with van der Waals surface area (Å²) in [5.74, 6) is 1.97. The van der Waals surface area contributed by atoms with Crippen molar-refractivity contribution in [2.75, 3.05) is 19.6 Å². The minimum atomic E-state index is -0.413. The van der Waals surface area contributed by atoms with Crippen LogP contribution in [0.25, 0.3) is 0 Å². The molecule has 1 aromatic rings. The van der Waals surface area contributed by atoms with Crippen molar-refractivity contribution in [3.63, 3.8) is 0 Å². The van der Waals surface area contributed by atoms with Crippen molar-refractivity contribution >= 4 is 17.6 Å². The third-order valence-electron chi connectivity index (χ3n) is 8.54. The highest BCUT2D eigenvalue weighted by molar-refractivity contribution is 6.06. The molecule has 3 fully saturated rings. The van der Waals surface area contributed by atoms with E-state index in [1.807, 2.05) is 11.1 Å². The van der Waals surface area contributed by atoms with Gasteiger partial charge in [-0.3, -0.25) is 19.7 Å². The van der Waals surface area contributed by atoms with Crippen LogP contribution in [-0.4, -0.2) is 48.2 Å². The molecule has 3 heterocycles. The average Bonchev–Trinajstić information content (AvgIpc) is 3.64. The summed E-state index contributed by atoms with van der Waals surface area (Å²) in [6, 6.07) is 8.40. The standard InChI is InChI=1S/C30H35N3O4/c34-27-9-7-23-16-33(26-8-10-28(35)32-30(26)36)17-25(23)29(27)37-18-20-3-5-21(6-4-20)24(15-19-1-2-19)22-11-13-31-14-12-22/h3-7,9,16,19,22,24,26,31H,1-2,8,10-15,17-18H2,(H,32,35,36). The van der Waals surface area contributed by atoms with Crippen molar-refractivity contribution in [3.8, 4) is 0 Å². The van der Waals surface area contributed by atoms with Gasteiger partial charge in [0.1, 0.15) is 12.6 Å². The number of ether oxygens (including phenoxy) is 1. The van der Waals surface area contributed by atoms with Crippen molar-refractivity contribution in [2.24, 2.45) is 11.8 Å². The molecule has 0 aromatic heterocycles. The van der Waals surface area contributed by atoms with Crippen LogP contribution >= 0.6 is 0 Å². The molecule has 37 heavy (non-hydrogen) atoms. The van der Waals surface area contributed by atoms with Gasteiger partial charge >= 0.3 is 0 Å². The van der Waals surface area contributed by atoms with E-state index in [4.69, 9.17) is 4.74 Å². The third kappa shape index (κ3) is 5.28. The number of nitrogens with zero attached hydrogens (tertiary/aromatic N) is 1. The van der Waals surface area contributed by atoms with Gasteiger partial charge in [-0.25, -0.2) is 0 Å². The molecule has 6 rings (SSSR count). The molecule has 7 heteroatoms. The van der Waals surface area contributed by atoms with Gasteiger partial charge in [0.2, 0.25) is 17.6 Å². The van der Waals surface area contributed by atoms with Gasteiger partial charge in [0, 0.05) is 24.7 Å². The molecule has 7 nitrogen and oxygen atoms in total. The lowest BCUT2D eigenvalue weighted by molar-refractivity contribution is -0.136. The first-order valence-electron chi connectivity index (χ1n) is 13.7. The van der Waals surface area contributed by atoms with E-state index in [-0.39, 0.29) is 17.6 Å². The van der Waals surface area contributed by atoms with Crippen molar-refractivity contribution < 1.29 is 19.1 Å². The number of piperidine rings is 2. The molecule has 0 spiro atoms. The minimum Gasteiger partial charge on any atom is -0.484 e. The molecule has 1 aromatic carbocycles. The van der Waals surface area contributed by atoms with E-state index in [1.54, 1.807) is 6.08 Å². The molecule has 2 amide bonds. The fraction of sp³-hybridized carbons (Fsp3) is 0.500. The van der Waals surface area contributed by atoms with E-state index >= 15 is 0 Å². The Kier molecular flexibility index (Phi) is 6.72. The molecule has 2 saturated heterocycles. The summed E-state index contributed by atoms with van der Waals surface area (Å²) < 4.78 is 6.11. The minimum absolute atomic E-state index is 0.149.